The molecule has 2 rings (SSSR count). The number of hydrogen-bond acceptors (Lipinski definition) is 5. The maximum absolute atomic E-state index is 12.3. The van der Waals surface area contributed by atoms with Crippen LogP contribution in [0.3, 0.4) is 0 Å². The number of esters is 1. The van der Waals surface area contributed by atoms with E-state index in [1.54, 1.807) is 6.07 Å². The van der Waals surface area contributed by atoms with Crippen LogP contribution < -0.4 is 10.5 Å². The van der Waals surface area contributed by atoms with Gasteiger partial charge in [-0.1, -0.05) is 0 Å². The number of carbonyl (C=O) groups is 2. The number of nitrogens with one attached hydrogen (secondary N) is 1. The summed E-state index contributed by atoms with van der Waals surface area (Å²) in [5.74, 6) is -1.11. The van der Waals surface area contributed by atoms with E-state index < -0.39 is 28.5 Å². The highest BCUT2D eigenvalue weighted by Crippen LogP contribution is 2.21. The lowest BCUT2D eigenvalue weighted by Crippen LogP contribution is -2.21. The second kappa shape index (κ2) is 7.93. The number of ether oxygens (including phenoxy) is 1. The summed E-state index contributed by atoms with van der Waals surface area (Å²) < 4.78 is 29.5. The second-order valence-corrected chi connectivity index (χ2v) is 8.00. The van der Waals surface area contributed by atoms with Crippen LogP contribution in [0.25, 0.3) is 0 Å². The van der Waals surface area contributed by atoms with Crippen LogP contribution in [0.2, 0.25) is 0 Å². The van der Waals surface area contributed by atoms with Crippen molar-refractivity contribution in [2.75, 3.05) is 11.9 Å². The SMILES string of the molecule is Cc1cc(C(=O)OCC(=O)Nc2ccc(S(N)(=O)=O)cc2)c(C)n1C(C)C. The number of hydrogen-bond donors (Lipinski definition) is 2. The van der Waals surface area contributed by atoms with Gasteiger partial charge >= 0.3 is 5.97 Å². The van der Waals surface area contributed by atoms with Gasteiger partial charge in [-0.2, -0.15) is 0 Å². The number of amides is 1. The highest BCUT2D eigenvalue weighted by atomic mass is 32.2. The molecule has 3 N–H and O–H groups in total. The van der Waals surface area contributed by atoms with E-state index in [1.165, 1.54) is 24.3 Å². The summed E-state index contributed by atoms with van der Waals surface area (Å²) in [5, 5.41) is 7.53. The lowest BCUT2D eigenvalue weighted by Gasteiger charge is -2.13. The molecule has 0 radical (unpaired) electrons. The summed E-state index contributed by atoms with van der Waals surface area (Å²) in [4.78, 5) is 24.2. The zero-order valence-electron chi connectivity index (χ0n) is 15.6. The molecule has 9 heteroatoms. The van der Waals surface area contributed by atoms with Crippen LogP contribution in [0.1, 0.15) is 41.6 Å². The van der Waals surface area contributed by atoms with E-state index in [-0.39, 0.29) is 10.9 Å². The summed E-state index contributed by atoms with van der Waals surface area (Å²) in [6.07, 6.45) is 0. The number of primary sulfonamides is 1. The van der Waals surface area contributed by atoms with E-state index in [4.69, 9.17) is 9.88 Å². The Bertz CT molecular complexity index is 960. The van der Waals surface area contributed by atoms with Crippen molar-refractivity contribution in [3.05, 3.63) is 47.3 Å². The summed E-state index contributed by atoms with van der Waals surface area (Å²) >= 11 is 0. The zero-order chi connectivity index (χ0) is 20.4. The molecule has 1 amide bonds. The van der Waals surface area contributed by atoms with E-state index in [0.717, 1.165) is 11.4 Å². The van der Waals surface area contributed by atoms with Gasteiger partial charge in [0, 0.05) is 23.1 Å². The standard InChI is InChI=1S/C18H23N3O5S/c1-11(2)21-12(3)9-16(13(21)4)18(23)26-10-17(22)20-14-5-7-15(8-6-14)27(19,24)25/h5-9,11H,10H2,1-4H3,(H,20,22)(H2,19,24,25). The van der Waals surface area contributed by atoms with Gasteiger partial charge in [-0.15, -0.1) is 0 Å². The maximum Gasteiger partial charge on any atom is 0.340 e. The van der Waals surface area contributed by atoms with Crippen LogP contribution in [0, 0.1) is 13.8 Å². The lowest BCUT2D eigenvalue weighted by atomic mass is 10.2. The molecule has 1 aromatic carbocycles. The van der Waals surface area contributed by atoms with Gasteiger partial charge in [-0.05, 0) is 58.0 Å². The molecule has 0 bridgehead atoms. The highest BCUT2D eigenvalue weighted by molar-refractivity contribution is 7.89. The Kier molecular flexibility index (Phi) is 6.07. The predicted octanol–water partition coefficient (Wildman–Crippen LogP) is 2.13. The van der Waals surface area contributed by atoms with Gasteiger partial charge in [0.15, 0.2) is 6.61 Å². The monoisotopic (exact) mass is 393 g/mol. The number of anilines is 1. The molecule has 1 heterocycles. The fourth-order valence-electron chi connectivity index (χ4n) is 2.91. The van der Waals surface area contributed by atoms with Crippen molar-refractivity contribution in [1.29, 1.82) is 0 Å². The topological polar surface area (TPSA) is 120 Å². The van der Waals surface area contributed by atoms with E-state index >= 15 is 0 Å². The molecule has 0 aliphatic carbocycles. The quantitative estimate of drug-likeness (QED) is 0.728. The van der Waals surface area contributed by atoms with Gasteiger partial charge in [0.05, 0.1) is 10.5 Å². The molecule has 0 spiro atoms. The third-order valence-corrected chi connectivity index (χ3v) is 4.95. The molecule has 1 aromatic heterocycles. The van der Waals surface area contributed by atoms with Gasteiger partial charge in [0.25, 0.3) is 5.91 Å². The number of carbonyl (C=O) groups excluding carboxylic acids is 2. The van der Waals surface area contributed by atoms with Crippen LogP contribution in [0.5, 0.6) is 0 Å². The predicted molar refractivity (Wildman–Crippen MR) is 101 cm³/mol. The number of aromatic nitrogens is 1. The molecule has 0 saturated carbocycles. The third kappa shape index (κ3) is 4.95. The molecular formula is C18H23N3O5S. The number of sulfonamides is 1. The Labute approximate surface area is 158 Å². The van der Waals surface area contributed by atoms with E-state index in [9.17, 15) is 18.0 Å². The first-order valence-electron chi connectivity index (χ1n) is 8.29. The van der Waals surface area contributed by atoms with Crippen molar-refractivity contribution in [3.63, 3.8) is 0 Å². The van der Waals surface area contributed by atoms with Crippen molar-refractivity contribution in [2.45, 2.75) is 38.6 Å². The molecule has 27 heavy (non-hydrogen) atoms. The molecule has 2 aromatic rings. The Morgan fingerprint density at radius 1 is 1.19 bits per heavy atom. The first-order valence-corrected chi connectivity index (χ1v) is 9.83. The van der Waals surface area contributed by atoms with Crippen LogP contribution in [0.4, 0.5) is 5.69 Å². The molecule has 0 unspecified atom stereocenters. The smallest absolute Gasteiger partial charge is 0.340 e. The maximum atomic E-state index is 12.3. The largest absolute Gasteiger partial charge is 0.452 e. The fraction of sp³-hybridized carbons (Fsp3) is 0.333. The van der Waals surface area contributed by atoms with Gasteiger partial charge in [0.2, 0.25) is 10.0 Å². The molecule has 0 aliphatic heterocycles. The normalized spacial score (nSPS) is 11.5. The first-order chi connectivity index (χ1) is 12.5. The summed E-state index contributed by atoms with van der Waals surface area (Å²) in [6, 6.07) is 7.29. The highest BCUT2D eigenvalue weighted by Gasteiger charge is 2.19. The first kappa shape index (κ1) is 20.7. The van der Waals surface area contributed by atoms with Crippen molar-refractivity contribution >= 4 is 27.6 Å². The Morgan fingerprint density at radius 2 is 1.78 bits per heavy atom. The van der Waals surface area contributed by atoms with Gasteiger partial charge in [-0.3, -0.25) is 4.79 Å². The Balaban J connectivity index is 1.98. The van der Waals surface area contributed by atoms with Gasteiger partial charge in [0.1, 0.15) is 0 Å². The van der Waals surface area contributed by atoms with Crippen molar-refractivity contribution in [3.8, 4) is 0 Å². The minimum absolute atomic E-state index is 0.0626. The number of aryl methyl sites for hydroxylation is 1. The van der Waals surface area contributed by atoms with E-state index in [2.05, 4.69) is 5.32 Å². The molecular weight excluding hydrogens is 370 g/mol. The zero-order valence-corrected chi connectivity index (χ0v) is 16.5. The lowest BCUT2D eigenvalue weighted by molar-refractivity contribution is -0.119. The Hall–Kier alpha value is -2.65. The fourth-order valence-corrected chi connectivity index (χ4v) is 3.43. The summed E-state index contributed by atoms with van der Waals surface area (Å²) in [5.41, 5.74) is 2.51. The van der Waals surface area contributed by atoms with Crippen molar-refractivity contribution in [1.82, 2.24) is 4.57 Å². The number of benzene rings is 1. The average molecular weight is 393 g/mol. The molecule has 0 atom stereocenters. The molecule has 146 valence electrons. The summed E-state index contributed by atoms with van der Waals surface area (Å²) in [6.45, 7) is 7.31. The van der Waals surface area contributed by atoms with E-state index in [0.29, 0.717) is 11.3 Å². The summed E-state index contributed by atoms with van der Waals surface area (Å²) in [7, 11) is -3.80. The molecule has 8 nitrogen and oxygen atoms in total. The van der Waals surface area contributed by atoms with Crippen molar-refractivity contribution < 1.29 is 22.7 Å². The minimum atomic E-state index is -3.80. The van der Waals surface area contributed by atoms with Gasteiger partial charge < -0.3 is 14.6 Å². The molecule has 0 aliphatic rings. The van der Waals surface area contributed by atoms with Crippen LogP contribution in [0.15, 0.2) is 35.2 Å². The molecule has 0 saturated heterocycles. The van der Waals surface area contributed by atoms with Gasteiger partial charge in [-0.25, -0.2) is 18.4 Å². The number of nitrogens with zero attached hydrogens (tertiary/aromatic N) is 1. The minimum Gasteiger partial charge on any atom is -0.452 e. The Morgan fingerprint density at radius 3 is 2.26 bits per heavy atom. The van der Waals surface area contributed by atoms with Crippen LogP contribution >= 0.6 is 0 Å². The average Bonchev–Trinajstić information content (AvgIpc) is 2.87. The third-order valence-electron chi connectivity index (χ3n) is 4.02. The molecule has 0 fully saturated rings. The number of nitrogens with two attached hydrogens (primary N) is 1. The number of rotatable bonds is 6. The van der Waals surface area contributed by atoms with E-state index in [1.807, 2.05) is 32.3 Å². The van der Waals surface area contributed by atoms with Crippen molar-refractivity contribution in [2.24, 2.45) is 5.14 Å². The van der Waals surface area contributed by atoms with Crippen LogP contribution in [-0.2, 0) is 19.6 Å². The van der Waals surface area contributed by atoms with Crippen LogP contribution in [-0.4, -0.2) is 31.5 Å². The second-order valence-electron chi connectivity index (χ2n) is 6.44.